The predicted octanol–water partition coefficient (Wildman–Crippen LogP) is 1.59. The molecule has 1 aromatic rings. The van der Waals surface area contributed by atoms with Gasteiger partial charge < -0.3 is 15.4 Å². The third-order valence-electron chi connectivity index (χ3n) is 2.81. The lowest BCUT2D eigenvalue weighted by Gasteiger charge is -2.13. The van der Waals surface area contributed by atoms with Crippen molar-refractivity contribution in [3.8, 4) is 0 Å². The van der Waals surface area contributed by atoms with Crippen LogP contribution in [-0.2, 0) is 9.53 Å². The van der Waals surface area contributed by atoms with Gasteiger partial charge in [-0.05, 0) is 31.3 Å². The molecule has 2 N–H and O–H groups in total. The molecule has 1 aliphatic rings. The molecule has 106 valence electrons. The molecule has 1 fully saturated rings. The van der Waals surface area contributed by atoms with Gasteiger partial charge in [0.15, 0.2) is 5.11 Å². The number of nitrogens with zero attached hydrogens (tertiary/aromatic N) is 1. The standard InChI is InChI=1S/C12H13N3O4S/c1-7-6-10(11(16)19-7)14-12(20)13-8-2-4-9(5-3-8)15(17)18/h2-5,7,10H,6H2,1H3,(H2,13,14,20)/t7-,10+/m1/s1. The van der Waals surface area contributed by atoms with Crippen molar-refractivity contribution < 1.29 is 14.5 Å². The van der Waals surface area contributed by atoms with Gasteiger partial charge in [-0.2, -0.15) is 0 Å². The number of hydrogen-bond donors (Lipinski definition) is 2. The number of nitrogens with one attached hydrogen (secondary N) is 2. The second-order valence-corrected chi connectivity index (χ2v) is 4.85. The monoisotopic (exact) mass is 295 g/mol. The van der Waals surface area contributed by atoms with Crippen molar-refractivity contribution in [2.45, 2.75) is 25.5 Å². The molecule has 1 aliphatic heterocycles. The van der Waals surface area contributed by atoms with Crippen LogP contribution in [0.25, 0.3) is 0 Å². The highest BCUT2D eigenvalue weighted by Gasteiger charge is 2.32. The number of anilines is 1. The minimum Gasteiger partial charge on any atom is -0.461 e. The average molecular weight is 295 g/mol. The summed E-state index contributed by atoms with van der Waals surface area (Å²) in [5, 5.41) is 16.5. The molecule has 0 saturated carbocycles. The number of rotatable bonds is 3. The van der Waals surface area contributed by atoms with Crippen LogP contribution in [0.5, 0.6) is 0 Å². The van der Waals surface area contributed by atoms with Crippen LogP contribution in [0.3, 0.4) is 0 Å². The molecule has 0 radical (unpaired) electrons. The van der Waals surface area contributed by atoms with E-state index in [9.17, 15) is 14.9 Å². The molecule has 2 rings (SSSR count). The van der Waals surface area contributed by atoms with E-state index in [0.717, 1.165) is 0 Å². The summed E-state index contributed by atoms with van der Waals surface area (Å²) in [4.78, 5) is 21.5. The fourth-order valence-corrected chi connectivity index (χ4v) is 2.13. The van der Waals surface area contributed by atoms with Gasteiger partial charge in [-0.1, -0.05) is 0 Å². The third-order valence-corrected chi connectivity index (χ3v) is 3.03. The zero-order valence-corrected chi connectivity index (χ0v) is 11.5. The number of benzene rings is 1. The first kappa shape index (κ1) is 14.2. The summed E-state index contributed by atoms with van der Waals surface area (Å²) >= 11 is 5.08. The van der Waals surface area contributed by atoms with Gasteiger partial charge in [-0.3, -0.25) is 10.1 Å². The van der Waals surface area contributed by atoms with Gasteiger partial charge in [-0.25, -0.2) is 4.79 Å². The van der Waals surface area contributed by atoms with E-state index in [-0.39, 0.29) is 22.9 Å². The molecule has 0 amide bonds. The molecule has 8 heteroatoms. The Morgan fingerprint density at radius 1 is 1.45 bits per heavy atom. The Hall–Kier alpha value is -2.22. The number of esters is 1. The summed E-state index contributed by atoms with van der Waals surface area (Å²) in [5.41, 5.74) is 0.607. The van der Waals surface area contributed by atoms with Crippen LogP contribution in [-0.4, -0.2) is 28.2 Å². The first-order chi connectivity index (χ1) is 9.45. The van der Waals surface area contributed by atoms with E-state index in [1.165, 1.54) is 12.1 Å². The van der Waals surface area contributed by atoms with Gasteiger partial charge in [0.25, 0.3) is 5.69 Å². The number of carbonyl (C=O) groups excluding carboxylic acids is 1. The highest BCUT2D eigenvalue weighted by molar-refractivity contribution is 7.80. The largest absolute Gasteiger partial charge is 0.461 e. The summed E-state index contributed by atoms with van der Waals surface area (Å²) in [5.74, 6) is -0.328. The Morgan fingerprint density at radius 3 is 2.60 bits per heavy atom. The topological polar surface area (TPSA) is 93.5 Å². The predicted molar refractivity (Wildman–Crippen MR) is 76.4 cm³/mol. The molecule has 7 nitrogen and oxygen atoms in total. The van der Waals surface area contributed by atoms with Gasteiger partial charge in [0.05, 0.1) is 4.92 Å². The van der Waals surface area contributed by atoms with Crippen molar-refractivity contribution >= 4 is 34.7 Å². The van der Waals surface area contributed by atoms with Gasteiger partial charge >= 0.3 is 5.97 Å². The molecular formula is C12H13N3O4S. The normalized spacial score (nSPS) is 21.1. The molecule has 0 aliphatic carbocycles. The molecule has 2 atom stereocenters. The van der Waals surface area contributed by atoms with E-state index in [4.69, 9.17) is 17.0 Å². The van der Waals surface area contributed by atoms with Crippen LogP contribution in [0.2, 0.25) is 0 Å². The summed E-state index contributed by atoms with van der Waals surface area (Å²) in [6.45, 7) is 1.81. The lowest BCUT2D eigenvalue weighted by molar-refractivity contribution is -0.384. The second kappa shape index (κ2) is 5.83. The van der Waals surface area contributed by atoms with Crippen LogP contribution >= 0.6 is 12.2 Å². The van der Waals surface area contributed by atoms with Gasteiger partial charge in [0.1, 0.15) is 12.1 Å². The maximum Gasteiger partial charge on any atom is 0.329 e. The maximum absolute atomic E-state index is 11.4. The summed E-state index contributed by atoms with van der Waals surface area (Å²) < 4.78 is 5.00. The van der Waals surface area contributed by atoms with Gasteiger partial charge in [0.2, 0.25) is 0 Å². The van der Waals surface area contributed by atoms with Crippen LogP contribution in [0.1, 0.15) is 13.3 Å². The number of non-ortho nitro benzene ring substituents is 1. The molecule has 1 saturated heterocycles. The molecule has 20 heavy (non-hydrogen) atoms. The Balaban J connectivity index is 1.91. The molecule has 0 spiro atoms. The van der Waals surface area contributed by atoms with Crippen LogP contribution in [0.4, 0.5) is 11.4 Å². The number of hydrogen-bond acceptors (Lipinski definition) is 5. The van der Waals surface area contributed by atoms with Crippen molar-refractivity contribution in [1.82, 2.24) is 5.32 Å². The van der Waals surface area contributed by atoms with E-state index >= 15 is 0 Å². The SMILES string of the molecule is C[C@@H]1C[C@H](NC(=S)Nc2ccc([N+](=O)[O-])cc2)C(=O)O1. The molecule has 1 aromatic carbocycles. The molecule has 0 unspecified atom stereocenters. The van der Waals surface area contributed by atoms with Crippen molar-refractivity contribution in [3.63, 3.8) is 0 Å². The molecule has 0 aromatic heterocycles. The minimum absolute atomic E-state index is 0.00243. The number of nitro groups is 1. The number of carbonyl (C=O) groups is 1. The zero-order chi connectivity index (χ0) is 14.7. The van der Waals surface area contributed by atoms with Crippen LogP contribution in [0.15, 0.2) is 24.3 Å². The summed E-state index contributed by atoms with van der Waals surface area (Å²) in [6, 6.07) is 5.37. The summed E-state index contributed by atoms with van der Waals surface area (Å²) in [7, 11) is 0. The molecule has 1 heterocycles. The van der Waals surface area contributed by atoms with Crippen molar-refractivity contribution in [2.75, 3.05) is 5.32 Å². The average Bonchev–Trinajstić information content (AvgIpc) is 2.68. The molecule has 0 bridgehead atoms. The number of ether oxygens (including phenoxy) is 1. The Morgan fingerprint density at radius 2 is 2.10 bits per heavy atom. The van der Waals surface area contributed by atoms with Gasteiger partial charge in [-0.15, -0.1) is 0 Å². The smallest absolute Gasteiger partial charge is 0.329 e. The first-order valence-corrected chi connectivity index (χ1v) is 6.39. The van der Waals surface area contributed by atoms with Crippen molar-refractivity contribution in [2.24, 2.45) is 0 Å². The highest BCUT2D eigenvalue weighted by atomic mass is 32.1. The van der Waals surface area contributed by atoms with E-state index < -0.39 is 11.0 Å². The maximum atomic E-state index is 11.4. The van der Waals surface area contributed by atoms with Crippen LogP contribution in [0, 0.1) is 10.1 Å². The van der Waals surface area contributed by atoms with E-state index in [2.05, 4.69) is 10.6 Å². The number of cyclic esters (lactones) is 1. The molecular weight excluding hydrogens is 282 g/mol. The fraction of sp³-hybridized carbons (Fsp3) is 0.333. The van der Waals surface area contributed by atoms with E-state index in [1.807, 2.05) is 6.92 Å². The first-order valence-electron chi connectivity index (χ1n) is 5.98. The van der Waals surface area contributed by atoms with Crippen molar-refractivity contribution in [1.29, 1.82) is 0 Å². The lowest BCUT2D eigenvalue weighted by atomic mass is 10.2. The number of nitro benzene ring substituents is 1. The Labute approximate surface area is 120 Å². The van der Waals surface area contributed by atoms with E-state index in [1.54, 1.807) is 12.1 Å². The number of thiocarbonyl (C=S) groups is 1. The lowest BCUT2D eigenvalue weighted by Crippen LogP contribution is -2.40. The zero-order valence-electron chi connectivity index (χ0n) is 10.7. The highest BCUT2D eigenvalue weighted by Crippen LogP contribution is 2.16. The Bertz CT molecular complexity index is 546. The summed E-state index contributed by atoms with van der Waals surface area (Å²) in [6.07, 6.45) is 0.433. The quantitative estimate of drug-likeness (QED) is 0.378. The Kier molecular flexibility index (Phi) is 4.14. The van der Waals surface area contributed by atoms with E-state index in [0.29, 0.717) is 12.1 Å². The van der Waals surface area contributed by atoms with Crippen molar-refractivity contribution in [3.05, 3.63) is 34.4 Å². The second-order valence-electron chi connectivity index (χ2n) is 4.44. The minimum atomic E-state index is -0.476. The van der Waals surface area contributed by atoms with Gasteiger partial charge in [0, 0.05) is 24.2 Å². The van der Waals surface area contributed by atoms with Crippen LogP contribution < -0.4 is 10.6 Å². The third kappa shape index (κ3) is 3.41. The fourth-order valence-electron chi connectivity index (χ4n) is 1.87.